The van der Waals surface area contributed by atoms with Gasteiger partial charge in [0.25, 0.3) is 11.2 Å². The largest absolute Gasteiger partial charge is 0.331 e. The second-order valence-electron chi connectivity index (χ2n) is 4.51. The predicted octanol–water partition coefficient (Wildman–Crippen LogP) is 3.72. The van der Waals surface area contributed by atoms with Crippen LogP contribution in [0.2, 0.25) is 0 Å². The number of nitro groups is 1. The van der Waals surface area contributed by atoms with Crippen LogP contribution in [0.1, 0.15) is 0 Å². The van der Waals surface area contributed by atoms with E-state index in [-0.39, 0.29) is 16.0 Å². The first kappa shape index (κ1) is 14.6. The molecule has 3 rings (SSSR count). The highest BCUT2D eigenvalue weighted by Gasteiger charge is 2.14. The Morgan fingerprint density at radius 1 is 1.23 bits per heavy atom. The number of nitro benzene ring substituents is 1. The van der Waals surface area contributed by atoms with Crippen LogP contribution in [-0.4, -0.2) is 14.5 Å². The maximum atomic E-state index is 12.7. The third-order valence-corrected chi connectivity index (χ3v) is 4.14. The standard InChI is InChI=1S/C14H8BrN3O3S/c15-10-6-5-8(18(20)21)7-12(10)17-13(19)9-3-1-2-4-11(9)16-14(17)22/h1-7H,(H,16,22). The molecular formula is C14H8BrN3O3S. The molecule has 110 valence electrons. The molecule has 0 saturated carbocycles. The molecule has 1 N–H and O–H groups in total. The lowest BCUT2D eigenvalue weighted by Gasteiger charge is -2.09. The van der Waals surface area contributed by atoms with Gasteiger partial charge in [-0.15, -0.1) is 0 Å². The van der Waals surface area contributed by atoms with E-state index < -0.39 is 4.92 Å². The number of nitrogens with zero attached hydrogens (tertiary/aromatic N) is 2. The zero-order chi connectivity index (χ0) is 15.9. The molecule has 1 heterocycles. The fraction of sp³-hybridized carbons (Fsp3) is 0. The van der Waals surface area contributed by atoms with Crippen LogP contribution < -0.4 is 5.56 Å². The molecular weight excluding hydrogens is 370 g/mol. The van der Waals surface area contributed by atoms with E-state index in [0.717, 1.165) is 0 Å². The van der Waals surface area contributed by atoms with Crippen LogP contribution in [0.5, 0.6) is 0 Å². The van der Waals surface area contributed by atoms with Crippen LogP contribution in [0, 0.1) is 14.9 Å². The van der Waals surface area contributed by atoms with Gasteiger partial charge in [-0.2, -0.15) is 0 Å². The minimum Gasteiger partial charge on any atom is -0.331 e. The van der Waals surface area contributed by atoms with Gasteiger partial charge in [0.05, 0.1) is 21.5 Å². The van der Waals surface area contributed by atoms with Gasteiger partial charge in [-0.05, 0) is 46.3 Å². The van der Waals surface area contributed by atoms with Crippen molar-refractivity contribution in [1.82, 2.24) is 9.55 Å². The number of benzene rings is 2. The molecule has 2 aromatic carbocycles. The number of rotatable bonds is 2. The number of halogens is 1. The average molecular weight is 378 g/mol. The monoisotopic (exact) mass is 377 g/mol. The lowest BCUT2D eigenvalue weighted by molar-refractivity contribution is -0.384. The smallest absolute Gasteiger partial charge is 0.271 e. The fourth-order valence-electron chi connectivity index (χ4n) is 2.17. The molecule has 0 spiro atoms. The molecule has 6 nitrogen and oxygen atoms in total. The van der Waals surface area contributed by atoms with Crippen LogP contribution in [0.4, 0.5) is 5.69 Å². The van der Waals surface area contributed by atoms with Crippen LogP contribution in [-0.2, 0) is 0 Å². The number of H-pyrrole nitrogens is 1. The summed E-state index contributed by atoms with van der Waals surface area (Å²) in [6, 6.07) is 11.1. The Morgan fingerprint density at radius 2 is 1.95 bits per heavy atom. The summed E-state index contributed by atoms with van der Waals surface area (Å²) in [6.07, 6.45) is 0. The number of hydrogen-bond acceptors (Lipinski definition) is 4. The molecule has 0 fully saturated rings. The van der Waals surface area contributed by atoms with Crippen molar-refractivity contribution >= 4 is 44.7 Å². The zero-order valence-electron chi connectivity index (χ0n) is 10.9. The zero-order valence-corrected chi connectivity index (χ0v) is 13.3. The number of hydrogen-bond donors (Lipinski definition) is 1. The fourth-order valence-corrected chi connectivity index (χ4v) is 2.88. The molecule has 0 unspecified atom stereocenters. The van der Waals surface area contributed by atoms with E-state index in [1.807, 2.05) is 0 Å². The second kappa shape index (κ2) is 5.47. The van der Waals surface area contributed by atoms with E-state index in [1.54, 1.807) is 24.3 Å². The van der Waals surface area contributed by atoms with E-state index in [9.17, 15) is 14.9 Å². The van der Waals surface area contributed by atoms with Crippen LogP contribution in [0.15, 0.2) is 51.7 Å². The third-order valence-electron chi connectivity index (χ3n) is 3.19. The Bertz CT molecular complexity index is 1030. The SMILES string of the molecule is O=c1c2ccccc2[nH]c(=S)n1-c1cc([N+](=O)[O-])ccc1Br. The van der Waals surface area contributed by atoms with Crippen molar-refractivity contribution in [3.63, 3.8) is 0 Å². The first-order valence-corrected chi connectivity index (χ1v) is 7.37. The number of para-hydroxylation sites is 1. The number of aromatic amines is 1. The first-order chi connectivity index (χ1) is 10.5. The Hall–Kier alpha value is -2.32. The Labute approximate surface area is 137 Å². The summed E-state index contributed by atoms with van der Waals surface area (Å²) in [4.78, 5) is 26.1. The summed E-state index contributed by atoms with van der Waals surface area (Å²) in [5.41, 5.74) is 0.495. The molecule has 22 heavy (non-hydrogen) atoms. The van der Waals surface area contributed by atoms with Crippen molar-refractivity contribution < 1.29 is 4.92 Å². The molecule has 0 atom stereocenters. The highest BCUT2D eigenvalue weighted by Crippen LogP contribution is 2.25. The Kier molecular flexibility index (Phi) is 3.63. The number of aromatic nitrogens is 2. The van der Waals surface area contributed by atoms with Gasteiger partial charge in [0, 0.05) is 16.6 Å². The molecule has 0 aliphatic rings. The van der Waals surface area contributed by atoms with Crippen molar-refractivity contribution in [2.24, 2.45) is 0 Å². The van der Waals surface area contributed by atoms with Crippen LogP contribution in [0.3, 0.4) is 0 Å². The first-order valence-electron chi connectivity index (χ1n) is 6.17. The topological polar surface area (TPSA) is 80.9 Å². The molecule has 0 bridgehead atoms. The normalized spacial score (nSPS) is 10.8. The molecule has 8 heteroatoms. The Morgan fingerprint density at radius 3 is 2.68 bits per heavy atom. The van der Waals surface area contributed by atoms with Crippen molar-refractivity contribution in [3.05, 3.63) is 72.2 Å². The van der Waals surface area contributed by atoms with Gasteiger partial charge in [-0.3, -0.25) is 19.5 Å². The van der Waals surface area contributed by atoms with E-state index in [4.69, 9.17) is 12.2 Å². The average Bonchev–Trinajstić information content (AvgIpc) is 2.48. The quantitative estimate of drug-likeness (QED) is 0.419. The summed E-state index contributed by atoms with van der Waals surface area (Å²) >= 11 is 8.54. The van der Waals surface area contributed by atoms with Gasteiger partial charge in [-0.1, -0.05) is 12.1 Å². The van der Waals surface area contributed by atoms with Crippen molar-refractivity contribution in [2.45, 2.75) is 0 Å². The van der Waals surface area contributed by atoms with E-state index in [2.05, 4.69) is 20.9 Å². The number of nitrogens with one attached hydrogen (secondary N) is 1. The highest BCUT2D eigenvalue weighted by atomic mass is 79.9. The molecule has 0 radical (unpaired) electrons. The van der Waals surface area contributed by atoms with Gasteiger partial charge in [0.2, 0.25) is 0 Å². The van der Waals surface area contributed by atoms with E-state index in [0.29, 0.717) is 21.1 Å². The van der Waals surface area contributed by atoms with Crippen molar-refractivity contribution in [2.75, 3.05) is 0 Å². The lowest BCUT2D eigenvalue weighted by atomic mass is 10.2. The number of non-ortho nitro benzene ring substituents is 1. The molecule has 1 aromatic heterocycles. The molecule has 0 saturated heterocycles. The van der Waals surface area contributed by atoms with Gasteiger partial charge in [0.15, 0.2) is 4.77 Å². The van der Waals surface area contributed by atoms with Crippen molar-refractivity contribution in [1.29, 1.82) is 0 Å². The maximum absolute atomic E-state index is 12.7. The second-order valence-corrected chi connectivity index (χ2v) is 5.75. The summed E-state index contributed by atoms with van der Waals surface area (Å²) in [5.74, 6) is 0. The molecule has 0 amide bonds. The maximum Gasteiger partial charge on any atom is 0.271 e. The number of fused-ring (bicyclic) bond motifs is 1. The summed E-state index contributed by atoms with van der Waals surface area (Å²) in [7, 11) is 0. The third kappa shape index (κ3) is 2.36. The summed E-state index contributed by atoms with van der Waals surface area (Å²) < 4.78 is 1.95. The predicted molar refractivity (Wildman–Crippen MR) is 89.1 cm³/mol. The van der Waals surface area contributed by atoms with Gasteiger partial charge >= 0.3 is 0 Å². The minimum atomic E-state index is -0.519. The molecule has 0 aliphatic heterocycles. The van der Waals surface area contributed by atoms with Gasteiger partial charge in [0.1, 0.15) is 0 Å². The van der Waals surface area contributed by atoms with Crippen molar-refractivity contribution in [3.8, 4) is 5.69 Å². The van der Waals surface area contributed by atoms with Crippen LogP contribution >= 0.6 is 28.1 Å². The minimum absolute atomic E-state index is 0.118. The summed E-state index contributed by atoms with van der Waals surface area (Å²) in [6.45, 7) is 0. The van der Waals surface area contributed by atoms with E-state index >= 15 is 0 Å². The van der Waals surface area contributed by atoms with Gasteiger partial charge < -0.3 is 4.98 Å². The van der Waals surface area contributed by atoms with E-state index in [1.165, 1.54) is 22.8 Å². The van der Waals surface area contributed by atoms with Crippen LogP contribution in [0.25, 0.3) is 16.6 Å². The molecule has 0 aliphatic carbocycles. The Balaban J connectivity index is 2.41. The summed E-state index contributed by atoms with van der Waals surface area (Å²) in [5, 5.41) is 11.4. The lowest BCUT2D eigenvalue weighted by Crippen LogP contribution is -2.21. The van der Waals surface area contributed by atoms with Gasteiger partial charge in [-0.25, -0.2) is 0 Å². The highest BCUT2D eigenvalue weighted by molar-refractivity contribution is 9.10. The molecule has 3 aromatic rings.